The number of amides is 4. The number of nitrogens with two attached hydrogens (primary N) is 1. The van der Waals surface area contributed by atoms with Crippen LogP contribution in [0, 0.1) is 6.92 Å². The molecule has 4 aromatic rings. The molecule has 1 aromatic carbocycles. The van der Waals surface area contributed by atoms with Crippen molar-refractivity contribution in [3.05, 3.63) is 75.5 Å². The molecule has 6 rings (SSSR count). The second-order valence-electron chi connectivity index (χ2n) is 10.7. The molecule has 8 N–H and O–H groups in total. The molecular formula is C28H25N11O10S3. The van der Waals surface area contributed by atoms with E-state index in [9.17, 15) is 29.1 Å². The summed E-state index contributed by atoms with van der Waals surface area (Å²) in [6, 6.07) is 6.58. The maximum absolute atomic E-state index is 13.5. The Labute approximate surface area is 303 Å². The number of nitrogens with zero attached hydrogens (tertiary/aromatic N) is 7. The topological polar surface area (TPSA) is 298 Å². The number of oxime groups is 1. The van der Waals surface area contributed by atoms with Gasteiger partial charge in [0.05, 0.1) is 0 Å². The molecule has 270 valence electrons. The number of aromatic nitrogens is 5. The Morgan fingerprint density at radius 3 is 2.54 bits per heavy atom. The third kappa shape index (κ3) is 7.45. The highest BCUT2D eigenvalue weighted by Gasteiger charge is 2.54. The van der Waals surface area contributed by atoms with Gasteiger partial charge in [-0.3, -0.25) is 34.5 Å². The zero-order chi connectivity index (χ0) is 37.1. The van der Waals surface area contributed by atoms with Gasteiger partial charge in [-0.05, 0) is 30.7 Å². The molecule has 2 aliphatic heterocycles. The Hall–Kier alpha value is -5.82. The van der Waals surface area contributed by atoms with Crippen molar-refractivity contribution < 1.29 is 49.1 Å². The van der Waals surface area contributed by atoms with Crippen molar-refractivity contribution in [2.45, 2.75) is 30.0 Å². The Balaban J connectivity index is 1.17. The van der Waals surface area contributed by atoms with Gasteiger partial charge in [0.2, 0.25) is 11.7 Å². The molecule has 24 heteroatoms. The minimum Gasteiger partial charge on any atom is -0.449 e. The van der Waals surface area contributed by atoms with Crippen molar-refractivity contribution in [3.8, 4) is 0 Å². The first kappa shape index (κ1) is 36.0. The number of aryl methyl sites for hydroxylation is 1. The van der Waals surface area contributed by atoms with Crippen molar-refractivity contribution in [1.82, 2.24) is 45.7 Å². The van der Waals surface area contributed by atoms with Gasteiger partial charge in [0, 0.05) is 33.7 Å². The van der Waals surface area contributed by atoms with Crippen LogP contribution in [0.15, 0.2) is 57.3 Å². The zero-order valence-corrected chi connectivity index (χ0v) is 28.8. The monoisotopic (exact) mass is 771 g/mol. The number of hydrogen-bond acceptors (Lipinski definition) is 18. The molecule has 1 saturated heterocycles. The molecule has 21 nitrogen and oxygen atoms in total. The van der Waals surface area contributed by atoms with Gasteiger partial charge in [-0.1, -0.05) is 17.3 Å². The number of ether oxygens (including phenoxy) is 1. The molecule has 0 bridgehead atoms. The van der Waals surface area contributed by atoms with Gasteiger partial charge < -0.3 is 25.7 Å². The second-order valence-corrected chi connectivity index (χ2v) is 13.7. The first-order valence-corrected chi connectivity index (χ1v) is 17.5. The standard InChI is InChI=1S/C28H25N11O10S3/c1-11-6-16(39-27(30-11)33-19(34-39)22(42)36-47)50-8-14-9-51-25-18(23(43)38(25)24(14)49-28(44)45)32-21(41)17(15-10-52-26(29)31-15)37-48-7-12-2-4-13(5-3-12)20(40)35-46/h2-6,10,18,25,46-47H,7-9H2,1H3,(H2,29,31)(H,32,41)(H,35,40)(H,36,42)(H,44,45)/b37-17-/t18-,25-/m1/s1. The predicted octanol–water partition coefficient (Wildman–Crippen LogP) is 0.729. The Morgan fingerprint density at radius 2 is 1.87 bits per heavy atom. The number of thioether (sulfide) groups is 2. The number of hydroxylamine groups is 2. The Bertz CT molecular complexity index is 2150. The lowest BCUT2D eigenvalue weighted by Gasteiger charge is -2.49. The first-order chi connectivity index (χ1) is 25.0. The van der Waals surface area contributed by atoms with E-state index in [1.54, 1.807) is 25.1 Å². The van der Waals surface area contributed by atoms with E-state index < -0.39 is 41.2 Å². The average molecular weight is 772 g/mol. The normalized spacial score (nSPS) is 16.9. The molecule has 2 aliphatic rings. The highest BCUT2D eigenvalue weighted by Crippen LogP contribution is 2.42. The van der Waals surface area contributed by atoms with Gasteiger partial charge >= 0.3 is 12.1 Å². The van der Waals surface area contributed by atoms with E-state index in [0.29, 0.717) is 21.9 Å². The van der Waals surface area contributed by atoms with Crippen molar-refractivity contribution in [2.75, 3.05) is 17.2 Å². The minimum atomic E-state index is -1.65. The van der Waals surface area contributed by atoms with Gasteiger partial charge in [0.1, 0.15) is 28.7 Å². The van der Waals surface area contributed by atoms with Crippen LogP contribution in [-0.2, 0) is 25.8 Å². The summed E-state index contributed by atoms with van der Waals surface area (Å²) in [4.78, 5) is 81.0. The number of fused-ring (bicyclic) bond motifs is 2. The van der Waals surface area contributed by atoms with Crippen molar-refractivity contribution in [3.63, 3.8) is 0 Å². The quantitative estimate of drug-likeness (QED) is 0.0199. The number of thiazole rings is 1. The highest BCUT2D eigenvalue weighted by molar-refractivity contribution is 8.01. The van der Waals surface area contributed by atoms with E-state index >= 15 is 0 Å². The fourth-order valence-corrected chi connectivity index (χ4v) is 7.92. The van der Waals surface area contributed by atoms with E-state index in [2.05, 4.69) is 30.5 Å². The summed E-state index contributed by atoms with van der Waals surface area (Å²) in [5.74, 6) is -3.20. The summed E-state index contributed by atoms with van der Waals surface area (Å²) < 4.78 is 6.37. The van der Waals surface area contributed by atoms with E-state index in [4.69, 9.17) is 25.7 Å². The van der Waals surface area contributed by atoms with Crippen LogP contribution in [0.25, 0.3) is 5.78 Å². The minimum absolute atomic E-state index is 0.0842. The molecule has 0 aliphatic carbocycles. The number of carboxylic acid groups (broad SMARTS) is 1. The molecule has 2 atom stereocenters. The van der Waals surface area contributed by atoms with Crippen LogP contribution < -0.4 is 22.0 Å². The van der Waals surface area contributed by atoms with Crippen LogP contribution in [-0.4, -0.2) is 103 Å². The summed E-state index contributed by atoms with van der Waals surface area (Å²) in [6.07, 6.45) is -1.65. The third-order valence-electron chi connectivity index (χ3n) is 7.25. The molecule has 3 aromatic heterocycles. The largest absolute Gasteiger partial charge is 0.512 e. The summed E-state index contributed by atoms with van der Waals surface area (Å²) in [5, 5.41) is 39.3. The van der Waals surface area contributed by atoms with E-state index in [0.717, 1.165) is 16.2 Å². The third-order valence-corrected chi connectivity index (χ3v) is 10.3. The lowest BCUT2D eigenvalue weighted by Crippen LogP contribution is -2.70. The fourth-order valence-electron chi connectivity index (χ4n) is 4.87. The van der Waals surface area contributed by atoms with Crippen molar-refractivity contribution >= 4 is 81.3 Å². The average Bonchev–Trinajstić information content (AvgIpc) is 3.76. The molecule has 52 heavy (non-hydrogen) atoms. The number of benzene rings is 1. The van der Waals surface area contributed by atoms with Crippen LogP contribution in [0.3, 0.4) is 0 Å². The Kier molecular flexibility index (Phi) is 10.5. The summed E-state index contributed by atoms with van der Waals surface area (Å²) >= 11 is 3.50. The highest BCUT2D eigenvalue weighted by atomic mass is 32.2. The Morgan fingerprint density at radius 1 is 1.12 bits per heavy atom. The number of nitrogen functional groups attached to an aromatic ring is 1. The molecular weight excluding hydrogens is 747 g/mol. The number of rotatable bonds is 12. The zero-order valence-electron chi connectivity index (χ0n) is 26.4. The molecule has 4 amide bonds. The number of β-lactam (4-membered cyclic amide) rings is 1. The van der Waals surface area contributed by atoms with Crippen LogP contribution in [0.4, 0.5) is 9.93 Å². The number of nitrogens with one attached hydrogen (secondary N) is 3. The predicted molar refractivity (Wildman–Crippen MR) is 180 cm³/mol. The molecule has 0 unspecified atom stereocenters. The molecule has 0 radical (unpaired) electrons. The molecule has 1 fully saturated rings. The molecule has 5 heterocycles. The smallest absolute Gasteiger partial charge is 0.449 e. The summed E-state index contributed by atoms with van der Waals surface area (Å²) in [7, 11) is 0. The van der Waals surface area contributed by atoms with Crippen molar-refractivity contribution in [1.29, 1.82) is 0 Å². The van der Waals surface area contributed by atoms with Gasteiger partial charge in [-0.15, -0.1) is 40.0 Å². The van der Waals surface area contributed by atoms with Crippen LogP contribution in [0.2, 0.25) is 0 Å². The lowest BCUT2D eigenvalue weighted by molar-refractivity contribution is -0.148. The van der Waals surface area contributed by atoms with Gasteiger partial charge in [-0.2, -0.15) is 9.50 Å². The fraction of sp³-hybridized carbons (Fsp3) is 0.214. The first-order valence-electron chi connectivity index (χ1n) is 14.6. The maximum Gasteiger partial charge on any atom is 0.512 e. The van der Waals surface area contributed by atoms with Crippen LogP contribution in [0.1, 0.15) is 37.9 Å². The summed E-state index contributed by atoms with van der Waals surface area (Å²) in [5.41, 5.74) is 10.3. The van der Waals surface area contributed by atoms with E-state index in [1.165, 1.54) is 56.5 Å². The van der Waals surface area contributed by atoms with Gasteiger partial charge in [0.25, 0.3) is 23.5 Å². The van der Waals surface area contributed by atoms with Crippen LogP contribution in [0.5, 0.6) is 0 Å². The number of carbonyl (C=O) groups is 5. The molecule has 0 saturated carbocycles. The lowest BCUT2D eigenvalue weighted by atomic mass is 10.1. The molecule has 0 spiro atoms. The maximum atomic E-state index is 13.5. The van der Waals surface area contributed by atoms with Crippen molar-refractivity contribution in [2.24, 2.45) is 5.16 Å². The van der Waals surface area contributed by atoms with Gasteiger partial charge in [-0.25, -0.2) is 25.7 Å². The van der Waals surface area contributed by atoms with Crippen LogP contribution >= 0.6 is 34.9 Å². The van der Waals surface area contributed by atoms with E-state index in [1.807, 2.05) is 0 Å². The SMILES string of the molecule is Cc1cc(SCC2=C(OC(=O)O)N3C(=O)[C@@H](NC(=O)/C(=N\OCc4ccc(C(=O)NO)cc4)c4csc(N)n4)[C@H]3SC2)n2nc(C(=O)NO)nc2n1. The van der Waals surface area contributed by atoms with E-state index in [-0.39, 0.29) is 57.7 Å². The van der Waals surface area contributed by atoms with Gasteiger partial charge in [0.15, 0.2) is 10.8 Å². The second kappa shape index (κ2) is 15.2. The number of anilines is 1. The number of hydrogen-bond donors (Lipinski definition) is 7. The number of carbonyl (C=O) groups excluding carboxylic acids is 4. The summed E-state index contributed by atoms with van der Waals surface area (Å²) in [6.45, 7) is 1.58.